The summed E-state index contributed by atoms with van der Waals surface area (Å²) in [5.74, 6) is -0.486. The third-order valence-electron chi connectivity index (χ3n) is 3.45. The first-order valence-electron chi connectivity index (χ1n) is 6.42. The van der Waals surface area contributed by atoms with Crippen LogP contribution in [0, 0.1) is 0 Å². The fourth-order valence-corrected chi connectivity index (χ4v) is 2.60. The van der Waals surface area contributed by atoms with Crippen molar-refractivity contribution >= 4 is 17.5 Å². The van der Waals surface area contributed by atoms with Crippen molar-refractivity contribution in [1.82, 2.24) is 14.8 Å². The number of hydrogen-bond donors (Lipinski definition) is 0. The molecule has 8 heteroatoms. The van der Waals surface area contributed by atoms with E-state index in [0.717, 1.165) is 10.5 Å². The van der Waals surface area contributed by atoms with Gasteiger partial charge in [0.2, 0.25) is 5.91 Å². The second-order valence-corrected chi connectivity index (χ2v) is 5.47. The molecule has 2 rings (SSSR count). The summed E-state index contributed by atoms with van der Waals surface area (Å²) in [4.78, 5) is 18.5. The molecule has 0 spiro atoms. The summed E-state index contributed by atoms with van der Waals surface area (Å²) in [6.45, 7) is -0.679. The fourth-order valence-electron chi connectivity index (χ4n) is 2.42. The van der Waals surface area contributed by atoms with E-state index in [2.05, 4.69) is 4.98 Å². The number of pyridine rings is 1. The molecule has 1 atom stereocenters. The molecule has 0 bridgehead atoms. The minimum absolute atomic E-state index is 0.122. The molecule has 0 aromatic carbocycles. The Morgan fingerprint density at radius 2 is 2.24 bits per heavy atom. The van der Waals surface area contributed by atoms with Crippen molar-refractivity contribution < 1.29 is 18.0 Å². The maximum atomic E-state index is 12.4. The van der Waals surface area contributed by atoms with E-state index in [0.29, 0.717) is 18.0 Å². The Bertz CT molecular complexity index is 524. The second kappa shape index (κ2) is 6.19. The zero-order valence-corrected chi connectivity index (χ0v) is 12.2. The van der Waals surface area contributed by atoms with Gasteiger partial charge in [0.15, 0.2) is 0 Å². The molecule has 21 heavy (non-hydrogen) atoms. The van der Waals surface area contributed by atoms with E-state index in [9.17, 15) is 18.0 Å². The Morgan fingerprint density at radius 1 is 1.52 bits per heavy atom. The molecule has 0 radical (unpaired) electrons. The van der Waals surface area contributed by atoms with E-state index in [4.69, 9.17) is 11.6 Å². The van der Waals surface area contributed by atoms with Crippen molar-refractivity contribution in [3.05, 3.63) is 29.0 Å². The molecule has 1 amide bonds. The highest BCUT2D eigenvalue weighted by Crippen LogP contribution is 2.24. The molecular formula is C13H15ClF3N3O. The van der Waals surface area contributed by atoms with Gasteiger partial charge >= 0.3 is 6.18 Å². The number of amides is 1. The van der Waals surface area contributed by atoms with E-state index in [1.807, 2.05) is 0 Å². The number of nitrogens with zero attached hydrogens (tertiary/aromatic N) is 3. The van der Waals surface area contributed by atoms with Gasteiger partial charge in [0.25, 0.3) is 0 Å². The van der Waals surface area contributed by atoms with Crippen LogP contribution in [0.4, 0.5) is 13.2 Å². The Hall–Kier alpha value is -1.34. The van der Waals surface area contributed by atoms with Gasteiger partial charge in [-0.15, -0.1) is 0 Å². The lowest BCUT2D eigenvalue weighted by Gasteiger charge is -2.24. The van der Waals surface area contributed by atoms with E-state index < -0.39 is 24.7 Å². The van der Waals surface area contributed by atoms with E-state index >= 15 is 0 Å². The minimum atomic E-state index is -4.36. The zero-order valence-electron chi connectivity index (χ0n) is 11.4. The lowest BCUT2D eigenvalue weighted by Crippen LogP contribution is -2.42. The molecule has 116 valence electrons. The van der Waals surface area contributed by atoms with Crippen LogP contribution in [0.1, 0.15) is 12.0 Å². The normalized spacial score (nSPS) is 19.6. The summed E-state index contributed by atoms with van der Waals surface area (Å²) in [6, 6.07) is 1.18. The van der Waals surface area contributed by atoms with Crippen LogP contribution < -0.4 is 0 Å². The highest BCUT2D eigenvalue weighted by atomic mass is 35.5. The van der Waals surface area contributed by atoms with Gasteiger partial charge in [-0.3, -0.25) is 14.7 Å². The van der Waals surface area contributed by atoms with Crippen molar-refractivity contribution in [2.24, 2.45) is 0 Å². The van der Waals surface area contributed by atoms with E-state index in [-0.39, 0.29) is 6.54 Å². The first kappa shape index (κ1) is 16.0. The smallest absolute Gasteiger partial charge is 0.332 e. The number of halogens is 4. The number of carbonyl (C=O) groups is 1. The summed E-state index contributed by atoms with van der Waals surface area (Å²) in [7, 11) is 1.70. The van der Waals surface area contributed by atoms with Crippen molar-refractivity contribution in [3.63, 3.8) is 0 Å². The highest BCUT2D eigenvalue weighted by molar-refractivity contribution is 6.31. The number of aromatic nitrogens is 1. The Balaban J connectivity index is 2.00. The van der Waals surface area contributed by atoms with Crippen LogP contribution in [-0.4, -0.2) is 53.0 Å². The van der Waals surface area contributed by atoms with Gasteiger partial charge in [-0.05, 0) is 25.1 Å². The summed E-state index contributed by atoms with van der Waals surface area (Å²) in [6.07, 6.45) is -0.899. The van der Waals surface area contributed by atoms with Crippen LogP contribution in [-0.2, 0) is 11.3 Å². The molecule has 4 nitrogen and oxygen atoms in total. The molecule has 1 aromatic rings. The van der Waals surface area contributed by atoms with Crippen LogP contribution in [0.2, 0.25) is 5.02 Å². The quantitative estimate of drug-likeness (QED) is 0.854. The van der Waals surface area contributed by atoms with Crippen molar-refractivity contribution in [2.45, 2.75) is 25.2 Å². The summed E-state index contributed by atoms with van der Waals surface area (Å²) in [5, 5.41) is 0.474. The van der Waals surface area contributed by atoms with Crippen LogP contribution >= 0.6 is 11.6 Å². The summed E-state index contributed by atoms with van der Waals surface area (Å²) >= 11 is 5.99. The molecule has 0 unspecified atom stereocenters. The third kappa shape index (κ3) is 4.07. The highest BCUT2D eigenvalue weighted by Gasteiger charge is 2.40. The molecule has 1 saturated heterocycles. The Morgan fingerprint density at radius 3 is 2.86 bits per heavy atom. The molecule has 1 aliphatic rings. The monoisotopic (exact) mass is 321 g/mol. The van der Waals surface area contributed by atoms with Gasteiger partial charge < -0.3 is 4.90 Å². The second-order valence-electron chi connectivity index (χ2n) is 5.06. The Kier molecular flexibility index (Phi) is 4.73. The van der Waals surface area contributed by atoms with Gasteiger partial charge in [0, 0.05) is 25.5 Å². The third-order valence-corrected chi connectivity index (χ3v) is 3.79. The Labute approximate surface area is 125 Å². The standard InChI is InChI=1S/C13H15ClF3N3O/c1-19(7-9-2-4-18-6-10(9)14)11-3-5-20(12(11)21)8-13(15,16)17/h2,4,6,11H,3,5,7-8H2,1H3/t11-/m1/s1. The zero-order chi connectivity index (χ0) is 15.6. The maximum absolute atomic E-state index is 12.4. The maximum Gasteiger partial charge on any atom is 0.406 e. The molecule has 2 heterocycles. The minimum Gasteiger partial charge on any atom is -0.332 e. The molecule has 0 aliphatic carbocycles. The van der Waals surface area contributed by atoms with E-state index in [1.54, 1.807) is 24.2 Å². The predicted molar refractivity (Wildman–Crippen MR) is 71.8 cm³/mol. The molecule has 1 aromatic heterocycles. The van der Waals surface area contributed by atoms with Crippen LogP contribution in [0.25, 0.3) is 0 Å². The largest absolute Gasteiger partial charge is 0.406 e. The molecule has 1 fully saturated rings. The van der Waals surface area contributed by atoms with Crippen LogP contribution in [0.3, 0.4) is 0 Å². The molecule has 0 N–H and O–H groups in total. The molecular weight excluding hydrogens is 307 g/mol. The number of hydrogen-bond acceptors (Lipinski definition) is 3. The SMILES string of the molecule is CN(Cc1ccncc1Cl)[C@@H]1CCN(CC(F)(F)F)C1=O. The predicted octanol–water partition coefficient (Wildman–Crippen LogP) is 2.33. The van der Waals surface area contributed by atoms with Gasteiger partial charge in [0.05, 0.1) is 11.1 Å². The van der Waals surface area contributed by atoms with Crippen LogP contribution in [0.5, 0.6) is 0 Å². The summed E-state index contributed by atoms with van der Waals surface area (Å²) in [5.41, 5.74) is 0.788. The van der Waals surface area contributed by atoms with Gasteiger partial charge in [0.1, 0.15) is 6.54 Å². The molecule has 0 saturated carbocycles. The van der Waals surface area contributed by atoms with Crippen molar-refractivity contribution in [3.8, 4) is 0 Å². The lowest BCUT2D eigenvalue weighted by atomic mass is 10.2. The van der Waals surface area contributed by atoms with Crippen molar-refractivity contribution in [1.29, 1.82) is 0 Å². The number of rotatable bonds is 4. The van der Waals surface area contributed by atoms with Crippen LogP contribution in [0.15, 0.2) is 18.5 Å². The number of alkyl halides is 3. The summed E-state index contributed by atoms with van der Waals surface area (Å²) < 4.78 is 37.1. The van der Waals surface area contributed by atoms with Gasteiger partial charge in [-0.25, -0.2) is 0 Å². The number of likely N-dealkylation sites (N-methyl/N-ethyl adjacent to an activating group) is 1. The first-order chi connectivity index (χ1) is 9.78. The fraction of sp³-hybridized carbons (Fsp3) is 0.538. The average Bonchev–Trinajstić information content (AvgIpc) is 2.72. The number of carbonyl (C=O) groups excluding carboxylic acids is 1. The first-order valence-corrected chi connectivity index (χ1v) is 6.80. The van der Waals surface area contributed by atoms with E-state index in [1.165, 1.54) is 6.20 Å². The van der Waals surface area contributed by atoms with Crippen molar-refractivity contribution in [2.75, 3.05) is 20.1 Å². The average molecular weight is 322 g/mol. The topological polar surface area (TPSA) is 36.4 Å². The molecule has 1 aliphatic heterocycles. The number of likely N-dealkylation sites (tertiary alicyclic amines) is 1. The van der Waals surface area contributed by atoms with Gasteiger partial charge in [-0.2, -0.15) is 13.2 Å². The lowest BCUT2D eigenvalue weighted by molar-refractivity contribution is -0.159. The van der Waals surface area contributed by atoms with Gasteiger partial charge in [-0.1, -0.05) is 11.6 Å².